The zero-order valence-corrected chi connectivity index (χ0v) is 13.6. The number of nitrogens with two attached hydrogens (primary N) is 1. The van der Waals surface area contributed by atoms with Gasteiger partial charge in [-0.15, -0.1) is 0 Å². The van der Waals surface area contributed by atoms with Gasteiger partial charge in [-0.05, 0) is 43.5 Å². The van der Waals surface area contributed by atoms with Gasteiger partial charge in [0.05, 0.1) is 6.20 Å². The van der Waals surface area contributed by atoms with E-state index in [0.29, 0.717) is 23.8 Å². The van der Waals surface area contributed by atoms with Crippen molar-refractivity contribution in [2.75, 3.05) is 12.3 Å². The van der Waals surface area contributed by atoms with Crippen LogP contribution in [0.5, 0.6) is 11.5 Å². The van der Waals surface area contributed by atoms with Gasteiger partial charge < -0.3 is 15.2 Å². The second-order valence-corrected chi connectivity index (χ2v) is 4.97. The smallest absolute Gasteiger partial charge is 0.272 e. The molecule has 124 valence electrons. The van der Waals surface area contributed by atoms with Gasteiger partial charge in [0.15, 0.2) is 12.0 Å². The summed E-state index contributed by atoms with van der Waals surface area (Å²) in [5, 5.41) is 4.15. The molecular formula is C17H23N3O3. The number of hydrogen-bond donors (Lipinski definition) is 1. The number of rotatable bonds is 3. The van der Waals surface area contributed by atoms with Crippen LogP contribution in [0, 0.1) is 0 Å². The summed E-state index contributed by atoms with van der Waals surface area (Å²) in [7, 11) is 0. The summed E-state index contributed by atoms with van der Waals surface area (Å²) in [5.41, 5.74) is 6.04. The highest BCUT2D eigenvalue weighted by Crippen LogP contribution is 2.22. The lowest BCUT2D eigenvalue weighted by atomic mass is 10.2. The van der Waals surface area contributed by atoms with Crippen molar-refractivity contribution in [1.82, 2.24) is 9.78 Å². The molecule has 0 saturated carbocycles. The Morgan fingerprint density at radius 2 is 1.96 bits per heavy atom. The Morgan fingerprint density at radius 1 is 1.22 bits per heavy atom. The molecule has 6 heteroatoms. The number of aromatic nitrogens is 2. The molecule has 23 heavy (non-hydrogen) atoms. The second-order valence-electron chi connectivity index (χ2n) is 4.97. The average molecular weight is 317 g/mol. The normalized spacial score (nSPS) is 17.0. The largest absolute Gasteiger partial charge is 0.455 e. The molecule has 1 atom stereocenters. The van der Waals surface area contributed by atoms with E-state index >= 15 is 0 Å². The molecule has 2 heterocycles. The Bertz CT molecular complexity index is 662. The molecular weight excluding hydrogens is 294 g/mol. The van der Waals surface area contributed by atoms with Crippen LogP contribution in [0.15, 0.2) is 41.3 Å². The van der Waals surface area contributed by atoms with E-state index in [0.717, 1.165) is 19.3 Å². The highest BCUT2D eigenvalue weighted by Gasteiger charge is 2.18. The molecule has 6 nitrogen and oxygen atoms in total. The topological polar surface area (TPSA) is 79.4 Å². The Hall–Kier alpha value is -2.34. The standard InChI is InChI=1S/C15H17N3O3.C2H6/c16-11-4-6-12(7-5-11)21-13-9-14(19)18(17-10-13)15-3-1-2-8-20-15;1-2/h4-7,9-10,15H,1-3,8,16H2;1-2H3. The first-order valence-electron chi connectivity index (χ1n) is 7.96. The first kappa shape index (κ1) is 17.0. The van der Waals surface area contributed by atoms with Gasteiger partial charge >= 0.3 is 0 Å². The summed E-state index contributed by atoms with van der Waals surface area (Å²) in [6.45, 7) is 4.67. The van der Waals surface area contributed by atoms with E-state index in [1.165, 1.54) is 16.9 Å². The van der Waals surface area contributed by atoms with Gasteiger partial charge in [0.2, 0.25) is 0 Å². The molecule has 0 amide bonds. The predicted octanol–water partition coefficient (Wildman–Crippen LogP) is 3.34. The first-order chi connectivity index (χ1) is 11.2. The Balaban J connectivity index is 0.000000924. The lowest BCUT2D eigenvalue weighted by molar-refractivity contribution is -0.0425. The van der Waals surface area contributed by atoms with E-state index in [-0.39, 0.29) is 11.8 Å². The Labute approximate surface area is 135 Å². The van der Waals surface area contributed by atoms with Crippen LogP contribution >= 0.6 is 0 Å². The van der Waals surface area contributed by atoms with Crippen LogP contribution in [0.25, 0.3) is 0 Å². The predicted molar refractivity (Wildman–Crippen MR) is 89.6 cm³/mol. The maximum Gasteiger partial charge on any atom is 0.272 e. The lowest BCUT2D eigenvalue weighted by Gasteiger charge is -2.23. The lowest BCUT2D eigenvalue weighted by Crippen LogP contribution is -2.30. The number of hydrogen-bond acceptors (Lipinski definition) is 5. The van der Waals surface area contributed by atoms with Crippen molar-refractivity contribution in [3.05, 3.63) is 46.9 Å². The summed E-state index contributed by atoms with van der Waals surface area (Å²) < 4.78 is 12.5. The molecule has 1 fully saturated rings. The molecule has 0 aliphatic carbocycles. The van der Waals surface area contributed by atoms with Gasteiger partial charge in [-0.3, -0.25) is 4.79 Å². The van der Waals surface area contributed by atoms with Gasteiger partial charge in [-0.1, -0.05) is 13.8 Å². The third-order valence-electron chi connectivity index (χ3n) is 3.35. The van der Waals surface area contributed by atoms with Crippen molar-refractivity contribution in [1.29, 1.82) is 0 Å². The maximum absolute atomic E-state index is 12.1. The third-order valence-corrected chi connectivity index (χ3v) is 3.35. The minimum absolute atomic E-state index is 0.227. The van der Waals surface area contributed by atoms with Crippen molar-refractivity contribution in [3.63, 3.8) is 0 Å². The zero-order chi connectivity index (χ0) is 16.7. The molecule has 1 aliphatic heterocycles. The first-order valence-corrected chi connectivity index (χ1v) is 7.96. The fourth-order valence-electron chi connectivity index (χ4n) is 2.26. The van der Waals surface area contributed by atoms with Crippen molar-refractivity contribution in [2.45, 2.75) is 39.3 Å². The van der Waals surface area contributed by atoms with E-state index in [1.54, 1.807) is 24.3 Å². The van der Waals surface area contributed by atoms with Gasteiger partial charge in [0.1, 0.15) is 5.75 Å². The summed E-state index contributed by atoms with van der Waals surface area (Å²) in [5.74, 6) is 1.01. The quantitative estimate of drug-likeness (QED) is 0.878. The Kier molecular flexibility index (Phi) is 6.17. The number of nitrogen functional groups attached to an aromatic ring is 1. The highest BCUT2D eigenvalue weighted by molar-refractivity contribution is 5.42. The maximum atomic E-state index is 12.1. The van der Waals surface area contributed by atoms with E-state index in [2.05, 4.69) is 5.10 Å². The van der Waals surface area contributed by atoms with Crippen molar-refractivity contribution >= 4 is 5.69 Å². The Morgan fingerprint density at radius 3 is 2.57 bits per heavy atom. The van der Waals surface area contributed by atoms with Gasteiger partial charge in [0, 0.05) is 18.4 Å². The molecule has 3 rings (SSSR count). The van der Waals surface area contributed by atoms with Gasteiger partial charge in [0.25, 0.3) is 5.56 Å². The molecule has 1 unspecified atom stereocenters. The molecule has 0 radical (unpaired) electrons. The third kappa shape index (κ3) is 4.56. The minimum atomic E-state index is -0.267. The number of anilines is 1. The van der Waals surface area contributed by atoms with Gasteiger partial charge in [-0.2, -0.15) is 5.10 Å². The van der Waals surface area contributed by atoms with Crippen LogP contribution in [-0.4, -0.2) is 16.4 Å². The van der Waals surface area contributed by atoms with Crippen LogP contribution in [0.1, 0.15) is 39.3 Å². The molecule has 2 N–H and O–H groups in total. The summed E-state index contributed by atoms with van der Waals surface area (Å²) >= 11 is 0. The molecule has 1 saturated heterocycles. The van der Waals surface area contributed by atoms with E-state index in [9.17, 15) is 4.79 Å². The fraction of sp³-hybridized carbons (Fsp3) is 0.412. The summed E-state index contributed by atoms with van der Waals surface area (Å²) in [4.78, 5) is 12.1. The monoisotopic (exact) mass is 317 g/mol. The second kappa shape index (κ2) is 8.33. The molecule has 1 aromatic heterocycles. The van der Waals surface area contributed by atoms with Crippen LogP contribution in [0.3, 0.4) is 0 Å². The highest BCUT2D eigenvalue weighted by atomic mass is 16.5. The summed E-state index contributed by atoms with van der Waals surface area (Å²) in [6, 6.07) is 8.37. The van der Waals surface area contributed by atoms with Crippen LogP contribution in [0.2, 0.25) is 0 Å². The number of ether oxygens (including phenoxy) is 2. The minimum Gasteiger partial charge on any atom is -0.455 e. The molecule has 1 aromatic carbocycles. The molecule has 0 spiro atoms. The van der Waals surface area contributed by atoms with Crippen molar-refractivity contribution < 1.29 is 9.47 Å². The molecule has 1 aliphatic rings. The van der Waals surface area contributed by atoms with Crippen LogP contribution in [0.4, 0.5) is 5.69 Å². The molecule has 0 bridgehead atoms. The van der Waals surface area contributed by atoms with Crippen molar-refractivity contribution in [2.24, 2.45) is 0 Å². The zero-order valence-electron chi connectivity index (χ0n) is 13.6. The molecule has 2 aromatic rings. The number of nitrogens with zero attached hydrogens (tertiary/aromatic N) is 2. The van der Waals surface area contributed by atoms with E-state index in [1.807, 2.05) is 13.8 Å². The van der Waals surface area contributed by atoms with E-state index in [4.69, 9.17) is 15.2 Å². The van der Waals surface area contributed by atoms with Gasteiger partial charge in [-0.25, -0.2) is 4.68 Å². The summed E-state index contributed by atoms with van der Waals surface area (Å²) in [6.07, 6.45) is 4.14. The SMILES string of the molecule is CC.Nc1ccc(Oc2cnn(C3CCCCO3)c(=O)c2)cc1. The fourth-order valence-corrected chi connectivity index (χ4v) is 2.26. The van der Waals surface area contributed by atoms with Crippen LogP contribution in [-0.2, 0) is 4.74 Å². The number of benzene rings is 1. The average Bonchev–Trinajstić information content (AvgIpc) is 2.60. The van der Waals surface area contributed by atoms with Crippen molar-refractivity contribution in [3.8, 4) is 11.5 Å². The van der Waals surface area contributed by atoms with E-state index < -0.39 is 0 Å². The van der Waals surface area contributed by atoms with Crippen LogP contribution < -0.4 is 16.0 Å².